The van der Waals surface area contributed by atoms with Crippen molar-refractivity contribution in [2.24, 2.45) is 0 Å². The molecule has 74 valence electrons. The molecule has 2 atom stereocenters. The fourth-order valence-corrected chi connectivity index (χ4v) is 2.81. The van der Waals surface area contributed by atoms with Gasteiger partial charge in [0.2, 0.25) is 0 Å². The van der Waals surface area contributed by atoms with Crippen LogP contribution in [0.3, 0.4) is 0 Å². The summed E-state index contributed by atoms with van der Waals surface area (Å²) in [6.07, 6.45) is 5.77. The average molecular weight is 188 g/mol. The van der Waals surface area contributed by atoms with Gasteiger partial charge in [0, 0.05) is 11.5 Å². The standard InChI is InChI=1S/C13H16O/c1-9-6-7-11-10-4-2-3-5-12(10)14-13(11)8-9/h6-8,10,12H,2-5H2,1H3. The van der Waals surface area contributed by atoms with E-state index in [1.54, 1.807) is 0 Å². The lowest BCUT2D eigenvalue weighted by atomic mass is 9.83. The van der Waals surface area contributed by atoms with Crippen LogP contribution in [-0.4, -0.2) is 6.10 Å². The minimum absolute atomic E-state index is 0.487. The molecule has 1 aromatic rings. The molecular weight excluding hydrogens is 172 g/mol. The van der Waals surface area contributed by atoms with Crippen LogP contribution in [0.2, 0.25) is 0 Å². The summed E-state index contributed by atoms with van der Waals surface area (Å²) in [7, 11) is 0. The van der Waals surface area contributed by atoms with E-state index in [2.05, 4.69) is 25.1 Å². The van der Waals surface area contributed by atoms with Crippen LogP contribution >= 0.6 is 0 Å². The predicted molar refractivity (Wildman–Crippen MR) is 56.8 cm³/mol. The number of rotatable bonds is 0. The Labute approximate surface area is 85.1 Å². The maximum Gasteiger partial charge on any atom is 0.123 e. The zero-order valence-electron chi connectivity index (χ0n) is 8.62. The van der Waals surface area contributed by atoms with Crippen molar-refractivity contribution >= 4 is 0 Å². The van der Waals surface area contributed by atoms with Gasteiger partial charge >= 0.3 is 0 Å². The van der Waals surface area contributed by atoms with Crippen LogP contribution in [0.5, 0.6) is 5.75 Å². The Bertz CT molecular complexity index is 356. The first kappa shape index (κ1) is 8.34. The summed E-state index contributed by atoms with van der Waals surface area (Å²) in [4.78, 5) is 0. The molecule has 0 spiro atoms. The van der Waals surface area contributed by atoms with E-state index in [9.17, 15) is 0 Å². The van der Waals surface area contributed by atoms with E-state index in [0.717, 1.165) is 5.75 Å². The molecule has 0 amide bonds. The highest BCUT2D eigenvalue weighted by atomic mass is 16.5. The molecule has 1 heteroatoms. The van der Waals surface area contributed by atoms with E-state index in [4.69, 9.17) is 4.74 Å². The van der Waals surface area contributed by atoms with Crippen LogP contribution in [-0.2, 0) is 0 Å². The molecule has 0 saturated heterocycles. The van der Waals surface area contributed by atoms with Crippen LogP contribution in [0.1, 0.15) is 42.7 Å². The van der Waals surface area contributed by atoms with E-state index >= 15 is 0 Å². The Balaban J connectivity index is 2.01. The van der Waals surface area contributed by atoms with Gasteiger partial charge in [-0.1, -0.05) is 18.6 Å². The summed E-state index contributed by atoms with van der Waals surface area (Å²) >= 11 is 0. The molecule has 1 saturated carbocycles. The van der Waals surface area contributed by atoms with Gasteiger partial charge in [-0.3, -0.25) is 0 Å². The number of fused-ring (bicyclic) bond motifs is 3. The number of ether oxygens (including phenoxy) is 1. The van der Waals surface area contributed by atoms with Gasteiger partial charge in [-0.2, -0.15) is 0 Å². The largest absolute Gasteiger partial charge is 0.489 e. The second-order valence-electron chi connectivity index (χ2n) is 4.59. The molecule has 0 N–H and O–H groups in total. The molecule has 0 aromatic heterocycles. The molecular formula is C13H16O. The Hall–Kier alpha value is -0.980. The van der Waals surface area contributed by atoms with Crippen molar-refractivity contribution in [3.8, 4) is 5.75 Å². The fourth-order valence-electron chi connectivity index (χ4n) is 2.81. The lowest BCUT2D eigenvalue weighted by molar-refractivity contribution is 0.164. The van der Waals surface area contributed by atoms with Gasteiger partial charge in [-0.15, -0.1) is 0 Å². The molecule has 1 aliphatic carbocycles. The molecule has 14 heavy (non-hydrogen) atoms. The quantitative estimate of drug-likeness (QED) is 0.606. The SMILES string of the molecule is Cc1ccc2c(c1)OC1CCCCC21. The smallest absolute Gasteiger partial charge is 0.123 e. The highest BCUT2D eigenvalue weighted by Gasteiger charge is 2.35. The van der Waals surface area contributed by atoms with Gasteiger partial charge in [0.1, 0.15) is 11.9 Å². The molecule has 1 heterocycles. The maximum atomic E-state index is 5.99. The summed E-state index contributed by atoms with van der Waals surface area (Å²) in [6, 6.07) is 6.66. The van der Waals surface area contributed by atoms with Crippen LogP contribution in [0, 0.1) is 6.92 Å². The second kappa shape index (κ2) is 3.01. The van der Waals surface area contributed by atoms with Crippen molar-refractivity contribution < 1.29 is 4.74 Å². The van der Waals surface area contributed by atoms with Crippen LogP contribution in [0.15, 0.2) is 18.2 Å². The Morgan fingerprint density at radius 2 is 2.07 bits per heavy atom. The van der Waals surface area contributed by atoms with Gasteiger partial charge in [0.25, 0.3) is 0 Å². The van der Waals surface area contributed by atoms with Gasteiger partial charge in [-0.05, 0) is 37.8 Å². The van der Waals surface area contributed by atoms with Crippen LogP contribution < -0.4 is 4.74 Å². The van der Waals surface area contributed by atoms with E-state index in [-0.39, 0.29) is 0 Å². The molecule has 0 radical (unpaired) electrons. The summed E-state index contributed by atoms with van der Waals surface area (Å²) in [5.74, 6) is 1.85. The first-order chi connectivity index (χ1) is 6.84. The van der Waals surface area contributed by atoms with E-state index < -0.39 is 0 Å². The highest BCUT2D eigenvalue weighted by molar-refractivity contribution is 5.43. The fraction of sp³-hybridized carbons (Fsp3) is 0.538. The van der Waals surface area contributed by atoms with Crippen molar-refractivity contribution in [3.05, 3.63) is 29.3 Å². The van der Waals surface area contributed by atoms with Crippen molar-refractivity contribution in [2.75, 3.05) is 0 Å². The summed E-state index contributed by atoms with van der Waals surface area (Å²) in [5, 5.41) is 0. The third-order valence-corrected chi connectivity index (χ3v) is 3.55. The van der Waals surface area contributed by atoms with Crippen LogP contribution in [0.25, 0.3) is 0 Å². The van der Waals surface area contributed by atoms with E-state index in [1.807, 2.05) is 0 Å². The van der Waals surface area contributed by atoms with Crippen molar-refractivity contribution in [3.63, 3.8) is 0 Å². The number of aryl methyl sites for hydroxylation is 1. The van der Waals surface area contributed by atoms with E-state index in [1.165, 1.54) is 36.8 Å². The monoisotopic (exact) mass is 188 g/mol. The molecule has 3 rings (SSSR count). The third kappa shape index (κ3) is 1.15. The minimum atomic E-state index is 0.487. The van der Waals surface area contributed by atoms with Crippen LogP contribution in [0.4, 0.5) is 0 Å². The molecule has 2 unspecified atom stereocenters. The van der Waals surface area contributed by atoms with Crippen molar-refractivity contribution in [2.45, 2.75) is 44.6 Å². The molecule has 2 aliphatic rings. The number of benzene rings is 1. The zero-order chi connectivity index (χ0) is 9.54. The molecule has 1 aliphatic heterocycles. The summed E-state index contributed by atoms with van der Waals surface area (Å²) < 4.78 is 5.99. The van der Waals surface area contributed by atoms with Gasteiger partial charge < -0.3 is 4.74 Å². The molecule has 1 aromatic carbocycles. The number of hydrogen-bond donors (Lipinski definition) is 0. The predicted octanol–water partition coefficient (Wildman–Crippen LogP) is 3.41. The average Bonchev–Trinajstić information content (AvgIpc) is 2.54. The third-order valence-electron chi connectivity index (χ3n) is 3.55. The van der Waals surface area contributed by atoms with Crippen molar-refractivity contribution in [1.82, 2.24) is 0 Å². The van der Waals surface area contributed by atoms with Crippen molar-refractivity contribution in [1.29, 1.82) is 0 Å². The topological polar surface area (TPSA) is 9.23 Å². The Morgan fingerprint density at radius 3 is 3.00 bits per heavy atom. The molecule has 0 bridgehead atoms. The molecule has 1 nitrogen and oxygen atoms in total. The Morgan fingerprint density at radius 1 is 1.21 bits per heavy atom. The number of hydrogen-bond acceptors (Lipinski definition) is 1. The summed E-state index contributed by atoms with van der Waals surface area (Å²) in [6.45, 7) is 2.13. The normalized spacial score (nSPS) is 29.2. The Kier molecular flexibility index (Phi) is 1.79. The first-order valence-electron chi connectivity index (χ1n) is 5.62. The summed E-state index contributed by atoms with van der Waals surface area (Å²) in [5.41, 5.74) is 2.77. The first-order valence-corrected chi connectivity index (χ1v) is 5.62. The highest BCUT2D eigenvalue weighted by Crippen LogP contribution is 2.45. The second-order valence-corrected chi connectivity index (χ2v) is 4.59. The zero-order valence-corrected chi connectivity index (χ0v) is 8.62. The van der Waals surface area contributed by atoms with E-state index in [0.29, 0.717) is 12.0 Å². The lowest BCUT2D eigenvalue weighted by Crippen LogP contribution is -2.22. The molecule has 1 fully saturated rings. The van der Waals surface area contributed by atoms with Gasteiger partial charge in [0.15, 0.2) is 0 Å². The van der Waals surface area contributed by atoms with Gasteiger partial charge in [0.05, 0.1) is 0 Å². The maximum absolute atomic E-state index is 5.99. The van der Waals surface area contributed by atoms with Gasteiger partial charge in [-0.25, -0.2) is 0 Å². The minimum Gasteiger partial charge on any atom is -0.489 e. The lowest BCUT2D eigenvalue weighted by Gasteiger charge is -2.23.